The Balaban J connectivity index is 2.75. The SMILES string of the molecule is CCc1nc(Cl)c2cc(C)sc2n1. The van der Waals surface area contributed by atoms with E-state index in [1.165, 1.54) is 4.88 Å². The highest BCUT2D eigenvalue weighted by Gasteiger charge is 2.07. The molecule has 2 heterocycles. The molecule has 13 heavy (non-hydrogen) atoms. The van der Waals surface area contributed by atoms with Gasteiger partial charge >= 0.3 is 0 Å². The molecule has 0 atom stereocenters. The van der Waals surface area contributed by atoms with Crippen LogP contribution in [0.25, 0.3) is 10.2 Å². The van der Waals surface area contributed by atoms with E-state index in [-0.39, 0.29) is 0 Å². The Bertz CT molecular complexity index is 450. The van der Waals surface area contributed by atoms with Gasteiger partial charge in [-0.1, -0.05) is 18.5 Å². The van der Waals surface area contributed by atoms with Crippen LogP contribution in [-0.4, -0.2) is 9.97 Å². The van der Waals surface area contributed by atoms with Gasteiger partial charge in [-0.3, -0.25) is 0 Å². The van der Waals surface area contributed by atoms with Crippen LogP contribution >= 0.6 is 22.9 Å². The molecule has 0 aliphatic carbocycles. The van der Waals surface area contributed by atoms with Gasteiger partial charge in [-0.15, -0.1) is 11.3 Å². The van der Waals surface area contributed by atoms with Crippen LogP contribution < -0.4 is 0 Å². The van der Waals surface area contributed by atoms with Crippen molar-refractivity contribution in [1.29, 1.82) is 0 Å². The van der Waals surface area contributed by atoms with Crippen LogP contribution in [0, 0.1) is 6.92 Å². The van der Waals surface area contributed by atoms with E-state index in [2.05, 4.69) is 9.97 Å². The molecule has 0 unspecified atom stereocenters. The number of halogens is 1. The normalized spacial score (nSPS) is 11.0. The predicted molar refractivity (Wildman–Crippen MR) is 56.5 cm³/mol. The Morgan fingerprint density at radius 1 is 1.46 bits per heavy atom. The van der Waals surface area contributed by atoms with Crippen molar-refractivity contribution in [3.05, 3.63) is 21.9 Å². The van der Waals surface area contributed by atoms with E-state index < -0.39 is 0 Å². The summed E-state index contributed by atoms with van der Waals surface area (Å²) < 4.78 is 0. The van der Waals surface area contributed by atoms with Gasteiger partial charge in [-0.05, 0) is 13.0 Å². The van der Waals surface area contributed by atoms with E-state index in [0.29, 0.717) is 5.15 Å². The molecule has 0 amide bonds. The Morgan fingerprint density at radius 3 is 2.92 bits per heavy atom. The average Bonchev–Trinajstić information content (AvgIpc) is 2.46. The first-order valence-electron chi connectivity index (χ1n) is 4.13. The number of aromatic nitrogens is 2. The van der Waals surface area contributed by atoms with E-state index in [0.717, 1.165) is 22.5 Å². The zero-order valence-electron chi connectivity index (χ0n) is 7.47. The lowest BCUT2D eigenvalue weighted by molar-refractivity contribution is 0.965. The molecule has 0 saturated carbocycles. The maximum atomic E-state index is 6.01. The lowest BCUT2D eigenvalue weighted by Crippen LogP contribution is -1.91. The number of hydrogen-bond acceptors (Lipinski definition) is 3. The van der Waals surface area contributed by atoms with Crippen molar-refractivity contribution in [3.8, 4) is 0 Å². The number of thiophene rings is 1. The van der Waals surface area contributed by atoms with Gasteiger partial charge in [0, 0.05) is 16.7 Å². The van der Waals surface area contributed by atoms with Gasteiger partial charge in [0.2, 0.25) is 0 Å². The summed E-state index contributed by atoms with van der Waals surface area (Å²) in [5, 5.41) is 1.55. The summed E-state index contributed by atoms with van der Waals surface area (Å²) in [6, 6.07) is 2.03. The second-order valence-electron chi connectivity index (χ2n) is 2.86. The number of rotatable bonds is 1. The van der Waals surface area contributed by atoms with E-state index in [1.54, 1.807) is 11.3 Å². The van der Waals surface area contributed by atoms with Crippen LogP contribution in [0.15, 0.2) is 6.07 Å². The molecule has 68 valence electrons. The maximum absolute atomic E-state index is 6.01. The molecule has 4 heteroatoms. The highest BCUT2D eigenvalue weighted by Crippen LogP contribution is 2.28. The van der Waals surface area contributed by atoms with Crippen molar-refractivity contribution < 1.29 is 0 Å². The third kappa shape index (κ3) is 1.54. The highest BCUT2D eigenvalue weighted by atomic mass is 35.5. The van der Waals surface area contributed by atoms with Gasteiger partial charge in [-0.2, -0.15) is 0 Å². The summed E-state index contributed by atoms with van der Waals surface area (Å²) in [5.41, 5.74) is 0. The Hall–Kier alpha value is -0.670. The maximum Gasteiger partial charge on any atom is 0.141 e. The van der Waals surface area contributed by atoms with Crippen LogP contribution in [0.3, 0.4) is 0 Å². The smallest absolute Gasteiger partial charge is 0.141 e. The first kappa shape index (κ1) is 8.91. The summed E-state index contributed by atoms with van der Waals surface area (Å²) in [7, 11) is 0. The van der Waals surface area contributed by atoms with Gasteiger partial charge in [0.15, 0.2) is 0 Å². The number of nitrogens with zero attached hydrogens (tertiary/aromatic N) is 2. The lowest BCUT2D eigenvalue weighted by Gasteiger charge is -1.96. The molecule has 0 N–H and O–H groups in total. The minimum Gasteiger partial charge on any atom is -0.222 e. The molecule has 0 saturated heterocycles. The van der Waals surface area contributed by atoms with E-state index >= 15 is 0 Å². The monoisotopic (exact) mass is 212 g/mol. The van der Waals surface area contributed by atoms with Crippen LogP contribution in [0.2, 0.25) is 5.15 Å². The number of hydrogen-bond donors (Lipinski definition) is 0. The van der Waals surface area contributed by atoms with Gasteiger partial charge in [-0.25, -0.2) is 9.97 Å². The molecule has 2 rings (SSSR count). The van der Waals surface area contributed by atoms with Crippen molar-refractivity contribution in [2.45, 2.75) is 20.3 Å². The first-order chi connectivity index (χ1) is 6.20. The topological polar surface area (TPSA) is 25.8 Å². The standard InChI is InChI=1S/C9H9ClN2S/c1-3-7-11-8(10)6-4-5(2)13-9(6)12-7/h4H,3H2,1-2H3. The van der Waals surface area contributed by atoms with Crippen molar-refractivity contribution >= 4 is 33.2 Å². The molecular formula is C9H9ClN2S. The van der Waals surface area contributed by atoms with Crippen molar-refractivity contribution in [2.24, 2.45) is 0 Å². The van der Waals surface area contributed by atoms with Crippen LogP contribution in [0.1, 0.15) is 17.6 Å². The van der Waals surface area contributed by atoms with E-state index in [4.69, 9.17) is 11.6 Å². The Morgan fingerprint density at radius 2 is 2.23 bits per heavy atom. The summed E-state index contributed by atoms with van der Waals surface area (Å²) >= 11 is 7.67. The lowest BCUT2D eigenvalue weighted by atomic mass is 10.3. The molecule has 0 radical (unpaired) electrons. The van der Waals surface area contributed by atoms with Crippen LogP contribution in [0.5, 0.6) is 0 Å². The molecule has 0 aliphatic heterocycles. The molecule has 2 aromatic heterocycles. The summed E-state index contributed by atoms with van der Waals surface area (Å²) in [4.78, 5) is 10.8. The fourth-order valence-corrected chi connectivity index (χ4v) is 2.40. The van der Waals surface area contributed by atoms with Gasteiger partial charge in [0.1, 0.15) is 15.8 Å². The van der Waals surface area contributed by atoms with E-state index in [1.807, 2.05) is 19.9 Å². The third-order valence-electron chi connectivity index (χ3n) is 1.83. The fraction of sp³-hybridized carbons (Fsp3) is 0.333. The Labute approximate surface area is 85.6 Å². The molecule has 0 bridgehead atoms. The second-order valence-corrected chi connectivity index (χ2v) is 4.45. The van der Waals surface area contributed by atoms with Crippen molar-refractivity contribution in [3.63, 3.8) is 0 Å². The minimum atomic E-state index is 0.575. The molecule has 0 aliphatic rings. The second kappa shape index (κ2) is 3.24. The van der Waals surface area contributed by atoms with Gasteiger partial charge in [0.25, 0.3) is 0 Å². The molecule has 0 spiro atoms. The fourth-order valence-electron chi connectivity index (χ4n) is 1.21. The zero-order valence-corrected chi connectivity index (χ0v) is 9.04. The minimum absolute atomic E-state index is 0.575. The molecule has 0 fully saturated rings. The van der Waals surface area contributed by atoms with Crippen molar-refractivity contribution in [1.82, 2.24) is 9.97 Å². The predicted octanol–water partition coefficient (Wildman–Crippen LogP) is 3.22. The third-order valence-corrected chi connectivity index (χ3v) is 3.06. The van der Waals surface area contributed by atoms with Crippen molar-refractivity contribution in [2.75, 3.05) is 0 Å². The summed E-state index contributed by atoms with van der Waals surface area (Å²) in [5.74, 6) is 0.819. The highest BCUT2D eigenvalue weighted by molar-refractivity contribution is 7.18. The molecule has 0 aromatic carbocycles. The summed E-state index contributed by atoms with van der Waals surface area (Å²) in [6.07, 6.45) is 0.826. The average molecular weight is 213 g/mol. The zero-order chi connectivity index (χ0) is 9.42. The quantitative estimate of drug-likeness (QED) is 0.679. The molecular weight excluding hydrogens is 204 g/mol. The Kier molecular flexibility index (Phi) is 2.22. The van der Waals surface area contributed by atoms with Crippen LogP contribution in [-0.2, 0) is 6.42 Å². The molecule has 2 nitrogen and oxygen atoms in total. The number of aryl methyl sites for hydroxylation is 2. The number of fused-ring (bicyclic) bond motifs is 1. The summed E-state index contributed by atoms with van der Waals surface area (Å²) in [6.45, 7) is 4.08. The van der Waals surface area contributed by atoms with Gasteiger partial charge < -0.3 is 0 Å². The van der Waals surface area contributed by atoms with E-state index in [9.17, 15) is 0 Å². The first-order valence-corrected chi connectivity index (χ1v) is 5.32. The largest absolute Gasteiger partial charge is 0.222 e. The van der Waals surface area contributed by atoms with Gasteiger partial charge in [0.05, 0.1) is 0 Å². The molecule has 2 aromatic rings. The van der Waals surface area contributed by atoms with Crippen LogP contribution in [0.4, 0.5) is 0 Å².